The largest absolute Gasteiger partial charge is 0.356 e. The molecule has 0 N–H and O–H groups in total. The van der Waals surface area contributed by atoms with Crippen LogP contribution in [0.4, 0.5) is 5.82 Å². The Morgan fingerprint density at radius 3 is 2.65 bits per heavy atom. The van der Waals surface area contributed by atoms with Crippen LogP contribution < -0.4 is 4.90 Å². The Morgan fingerprint density at radius 2 is 1.77 bits per heavy atom. The Bertz CT molecular complexity index is 908. The molecule has 4 nitrogen and oxygen atoms in total. The quantitative estimate of drug-likeness (QED) is 0.675. The molecule has 1 aromatic carbocycles. The molecule has 1 aliphatic carbocycles. The van der Waals surface area contributed by atoms with Gasteiger partial charge in [-0.1, -0.05) is 31.4 Å². The first kappa shape index (κ1) is 15.7. The molecular formula is C22H24N4. The van der Waals surface area contributed by atoms with Gasteiger partial charge in [0.05, 0.1) is 5.52 Å². The van der Waals surface area contributed by atoms with Crippen LogP contribution in [-0.2, 0) is 0 Å². The van der Waals surface area contributed by atoms with Gasteiger partial charge in [-0.3, -0.25) is 4.98 Å². The second kappa shape index (κ2) is 6.67. The Hall–Kier alpha value is -2.49. The summed E-state index contributed by atoms with van der Waals surface area (Å²) in [5.41, 5.74) is 1.99. The third-order valence-corrected chi connectivity index (χ3v) is 6.09. The molecule has 3 aromatic rings. The molecule has 1 saturated carbocycles. The summed E-state index contributed by atoms with van der Waals surface area (Å²) < 4.78 is 0. The number of nitrogens with zero attached hydrogens (tertiary/aromatic N) is 4. The monoisotopic (exact) mass is 344 g/mol. The van der Waals surface area contributed by atoms with Crippen molar-refractivity contribution >= 4 is 16.7 Å². The van der Waals surface area contributed by atoms with Crippen LogP contribution in [0.5, 0.6) is 0 Å². The number of pyridine rings is 1. The van der Waals surface area contributed by atoms with Crippen molar-refractivity contribution in [3.05, 3.63) is 48.8 Å². The molecule has 5 rings (SSSR count). The zero-order valence-corrected chi connectivity index (χ0v) is 15.0. The second-order valence-corrected chi connectivity index (χ2v) is 7.67. The van der Waals surface area contributed by atoms with Gasteiger partial charge < -0.3 is 4.90 Å². The van der Waals surface area contributed by atoms with Crippen molar-refractivity contribution in [2.75, 3.05) is 18.0 Å². The zero-order valence-electron chi connectivity index (χ0n) is 15.0. The molecule has 1 aliphatic heterocycles. The van der Waals surface area contributed by atoms with E-state index in [0.29, 0.717) is 0 Å². The van der Waals surface area contributed by atoms with Gasteiger partial charge in [0.1, 0.15) is 5.82 Å². The van der Waals surface area contributed by atoms with Gasteiger partial charge in [0.25, 0.3) is 0 Å². The molecule has 0 amide bonds. The van der Waals surface area contributed by atoms with Crippen molar-refractivity contribution in [3.63, 3.8) is 0 Å². The summed E-state index contributed by atoms with van der Waals surface area (Å²) in [7, 11) is 0. The first-order valence-electron chi connectivity index (χ1n) is 9.80. The molecule has 26 heavy (non-hydrogen) atoms. The van der Waals surface area contributed by atoms with Gasteiger partial charge in [0, 0.05) is 36.4 Å². The van der Waals surface area contributed by atoms with E-state index in [1.807, 2.05) is 18.3 Å². The van der Waals surface area contributed by atoms with Gasteiger partial charge >= 0.3 is 0 Å². The van der Waals surface area contributed by atoms with E-state index in [-0.39, 0.29) is 0 Å². The van der Waals surface area contributed by atoms with Crippen LogP contribution in [-0.4, -0.2) is 28.0 Å². The third kappa shape index (κ3) is 2.83. The average molecular weight is 344 g/mol. The minimum atomic E-state index is 0.776. The molecule has 2 atom stereocenters. The Morgan fingerprint density at radius 1 is 0.885 bits per heavy atom. The van der Waals surface area contributed by atoms with Crippen LogP contribution in [0.15, 0.2) is 48.8 Å². The topological polar surface area (TPSA) is 41.9 Å². The average Bonchev–Trinajstić information content (AvgIpc) is 2.73. The van der Waals surface area contributed by atoms with Crippen LogP contribution >= 0.6 is 0 Å². The summed E-state index contributed by atoms with van der Waals surface area (Å²) in [5, 5.41) is 1.16. The van der Waals surface area contributed by atoms with Crippen LogP contribution in [0.1, 0.15) is 32.1 Å². The molecule has 0 unspecified atom stereocenters. The number of fused-ring (bicyclic) bond motifs is 2. The fourth-order valence-electron chi connectivity index (χ4n) is 4.72. The standard InChI is InChI=1S/C22H24N4/c1-2-7-18-15-26(13-11-16(18)6-1)22-19-9-3-4-10-20(19)24-21(25-22)17-8-5-12-23-14-17/h3-5,8-10,12,14,16,18H,1-2,6-7,11,13,15H2/t16-,18+/m1/s1. The summed E-state index contributed by atoms with van der Waals surface area (Å²) in [6, 6.07) is 12.4. The van der Waals surface area contributed by atoms with E-state index in [1.54, 1.807) is 6.20 Å². The lowest BCUT2D eigenvalue weighted by Gasteiger charge is -2.42. The van der Waals surface area contributed by atoms with Gasteiger partial charge in [-0.2, -0.15) is 0 Å². The predicted octanol–water partition coefficient (Wildman–Crippen LogP) is 4.71. The zero-order chi connectivity index (χ0) is 17.3. The molecule has 0 radical (unpaired) electrons. The van der Waals surface area contributed by atoms with Crippen molar-refractivity contribution in [2.45, 2.75) is 32.1 Å². The Labute approximate surface area is 154 Å². The summed E-state index contributed by atoms with van der Waals surface area (Å²) >= 11 is 0. The van der Waals surface area contributed by atoms with Crippen LogP contribution in [0.25, 0.3) is 22.3 Å². The van der Waals surface area contributed by atoms with E-state index in [0.717, 1.165) is 53.0 Å². The van der Waals surface area contributed by atoms with E-state index in [4.69, 9.17) is 9.97 Å². The smallest absolute Gasteiger partial charge is 0.163 e. The van der Waals surface area contributed by atoms with Crippen molar-refractivity contribution in [3.8, 4) is 11.4 Å². The lowest BCUT2D eigenvalue weighted by Crippen LogP contribution is -2.42. The lowest BCUT2D eigenvalue weighted by atomic mass is 9.75. The van der Waals surface area contributed by atoms with E-state index in [9.17, 15) is 0 Å². The number of aromatic nitrogens is 3. The molecule has 2 aromatic heterocycles. The van der Waals surface area contributed by atoms with Gasteiger partial charge in [-0.05, 0) is 48.9 Å². The van der Waals surface area contributed by atoms with Gasteiger partial charge in [0.15, 0.2) is 5.82 Å². The Kier molecular flexibility index (Phi) is 4.04. The molecule has 0 bridgehead atoms. The highest BCUT2D eigenvalue weighted by Crippen LogP contribution is 2.38. The van der Waals surface area contributed by atoms with Crippen LogP contribution in [0.3, 0.4) is 0 Å². The molecular weight excluding hydrogens is 320 g/mol. The molecule has 3 heterocycles. The summed E-state index contributed by atoms with van der Waals surface area (Å²) in [4.78, 5) is 16.6. The molecule has 2 aliphatic rings. The van der Waals surface area contributed by atoms with E-state index in [2.05, 4.69) is 34.1 Å². The number of hydrogen-bond acceptors (Lipinski definition) is 4. The number of rotatable bonds is 2. The van der Waals surface area contributed by atoms with Gasteiger partial charge in [-0.15, -0.1) is 0 Å². The van der Waals surface area contributed by atoms with Crippen molar-refractivity contribution in [1.82, 2.24) is 15.0 Å². The first-order chi connectivity index (χ1) is 12.9. The Balaban J connectivity index is 1.58. The first-order valence-corrected chi connectivity index (χ1v) is 9.80. The van der Waals surface area contributed by atoms with E-state index >= 15 is 0 Å². The van der Waals surface area contributed by atoms with Gasteiger partial charge in [-0.25, -0.2) is 9.97 Å². The highest BCUT2D eigenvalue weighted by molar-refractivity contribution is 5.91. The normalized spacial score (nSPS) is 23.0. The van der Waals surface area contributed by atoms with Gasteiger partial charge in [0.2, 0.25) is 0 Å². The second-order valence-electron chi connectivity index (χ2n) is 7.67. The molecule has 132 valence electrons. The summed E-state index contributed by atoms with van der Waals surface area (Å²) in [6.45, 7) is 2.24. The van der Waals surface area contributed by atoms with Crippen LogP contribution in [0, 0.1) is 11.8 Å². The summed E-state index contributed by atoms with van der Waals surface area (Å²) in [6.07, 6.45) is 10.5. The fraction of sp³-hybridized carbons (Fsp3) is 0.409. The molecule has 0 spiro atoms. The number of benzene rings is 1. The fourth-order valence-corrected chi connectivity index (χ4v) is 4.72. The molecule has 4 heteroatoms. The van der Waals surface area contributed by atoms with Crippen LogP contribution in [0.2, 0.25) is 0 Å². The highest BCUT2D eigenvalue weighted by Gasteiger charge is 2.32. The third-order valence-electron chi connectivity index (χ3n) is 6.09. The summed E-state index contributed by atoms with van der Waals surface area (Å²) in [5.74, 6) is 3.62. The minimum absolute atomic E-state index is 0.776. The number of hydrogen-bond donors (Lipinski definition) is 0. The minimum Gasteiger partial charge on any atom is -0.356 e. The van der Waals surface area contributed by atoms with E-state index < -0.39 is 0 Å². The van der Waals surface area contributed by atoms with Crippen molar-refractivity contribution < 1.29 is 0 Å². The molecule has 1 saturated heterocycles. The number of piperidine rings is 1. The van der Waals surface area contributed by atoms with Crippen molar-refractivity contribution in [2.24, 2.45) is 11.8 Å². The maximum absolute atomic E-state index is 5.01. The predicted molar refractivity (Wildman–Crippen MR) is 105 cm³/mol. The number of para-hydroxylation sites is 1. The maximum atomic E-state index is 5.01. The van der Waals surface area contributed by atoms with Crippen molar-refractivity contribution in [1.29, 1.82) is 0 Å². The van der Waals surface area contributed by atoms with E-state index in [1.165, 1.54) is 32.1 Å². The maximum Gasteiger partial charge on any atom is 0.163 e. The SMILES string of the molecule is c1cncc(-c2nc(N3CC[C@H]4CCCC[C@H]4C3)c3ccccc3n2)c1. The lowest BCUT2D eigenvalue weighted by molar-refractivity contribution is 0.202. The highest BCUT2D eigenvalue weighted by atomic mass is 15.2. The molecule has 2 fully saturated rings. The number of anilines is 1.